The molecule has 0 aromatic heterocycles. The molecule has 1 amide bonds. The second kappa shape index (κ2) is 11.3. The molecule has 0 spiro atoms. The van der Waals surface area contributed by atoms with Gasteiger partial charge in [-0.15, -0.1) is 0 Å². The molecule has 0 aromatic carbocycles. The summed E-state index contributed by atoms with van der Waals surface area (Å²) in [4.78, 5) is 21.4. The number of guanidine groups is 1. The van der Waals surface area contributed by atoms with E-state index >= 15 is 0 Å². The number of nitrogens with one attached hydrogen (secondary N) is 2. The predicted octanol–water partition coefficient (Wildman–Crippen LogP) is 0.665. The Morgan fingerprint density at radius 3 is 2.72 bits per heavy atom. The Morgan fingerprint density at radius 2 is 2.00 bits per heavy atom. The summed E-state index contributed by atoms with van der Waals surface area (Å²) in [6.45, 7) is 11.9. The van der Waals surface area contributed by atoms with Crippen LogP contribution in [0.2, 0.25) is 0 Å². The number of morpholine rings is 1. The largest absolute Gasteiger partial charge is 0.379 e. The van der Waals surface area contributed by atoms with Crippen molar-refractivity contribution in [2.24, 2.45) is 4.99 Å². The molecule has 1 atom stereocenters. The van der Waals surface area contributed by atoms with Crippen molar-refractivity contribution in [2.75, 3.05) is 59.0 Å². The molecular weight excluding hydrogens is 318 g/mol. The zero-order valence-corrected chi connectivity index (χ0v) is 15.9. The fourth-order valence-corrected chi connectivity index (χ4v) is 3.37. The van der Waals surface area contributed by atoms with E-state index in [0.29, 0.717) is 19.0 Å². The van der Waals surface area contributed by atoms with Gasteiger partial charge in [-0.25, -0.2) is 0 Å². The average Bonchev–Trinajstić information content (AvgIpc) is 2.63. The fourth-order valence-electron chi connectivity index (χ4n) is 3.37. The number of hydrogen-bond acceptors (Lipinski definition) is 4. The van der Waals surface area contributed by atoms with Crippen LogP contribution in [0.25, 0.3) is 0 Å². The first-order valence-corrected chi connectivity index (χ1v) is 9.82. The van der Waals surface area contributed by atoms with Crippen molar-refractivity contribution < 1.29 is 9.53 Å². The molecule has 2 fully saturated rings. The Hall–Kier alpha value is -1.34. The summed E-state index contributed by atoms with van der Waals surface area (Å²) >= 11 is 0. The number of aliphatic imine (C=N–C) groups is 1. The molecule has 0 bridgehead atoms. The van der Waals surface area contributed by atoms with Gasteiger partial charge in [0.25, 0.3) is 0 Å². The molecule has 2 aliphatic heterocycles. The van der Waals surface area contributed by atoms with Crippen LogP contribution < -0.4 is 10.6 Å². The topological polar surface area (TPSA) is 69.2 Å². The zero-order valence-electron chi connectivity index (χ0n) is 15.9. The Morgan fingerprint density at radius 1 is 1.20 bits per heavy atom. The van der Waals surface area contributed by atoms with E-state index < -0.39 is 0 Å². The van der Waals surface area contributed by atoms with Crippen LogP contribution in [0.5, 0.6) is 0 Å². The second-order valence-corrected chi connectivity index (χ2v) is 6.82. The van der Waals surface area contributed by atoms with E-state index in [4.69, 9.17) is 4.74 Å². The third kappa shape index (κ3) is 7.20. The summed E-state index contributed by atoms with van der Waals surface area (Å²) in [5.41, 5.74) is 0. The van der Waals surface area contributed by atoms with E-state index in [1.807, 2.05) is 4.90 Å². The quantitative estimate of drug-likeness (QED) is 0.520. The van der Waals surface area contributed by atoms with Gasteiger partial charge in [0, 0.05) is 51.7 Å². The maximum absolute atomic E-state index is 12.4. The van der Waals surface area contributed by atoms with Crippen molar-refractivity contribution in [1.82, 2.24) is 20.4 Å². The summed E-state index contributed by atoms with van der Waals surface area (Å²) in [5, 5.41) is 6.54. The minimum Gasteiger partial charge on any atom is -0.379 e. The molecule has 0 aromatic rings. The first-order valence-electron chi connectivity index (χ1n) is 9.82. The molecule has 7 heteroatoms. The lowest BCUT2D eigenvalue weighted by atomic mass is 10.0. The lowest BCUT2D eigenvalue weighted by Crippen LogP contribution is -2.44. The normalized spacial score (nSPS) is 22.7. The van der Waals surface area contributed by atoms with Crippen LogP contribution >= 0.6 is 0 Å². The molecule has 2 heterocycles. The van der Waals surface area contributed by atoms with Gasteiger partial charge in [-0.3, -0.25) is 14.7 Å². The summed E-state index contributed by atoms with van der Waals surface area (Å²) in [7, 11) is 0. The van der Waals surface area contributed by atoms with Gasteiger partial charge in [-0.2, -0.15) is 0 Å². The van der Waals surface area contributed by atoms with Crippen molar-refractivity contribution in [3.63, 3.8) is 0 Å². The summed E-state index contributed by atoms with van der Waals surface area (Å²) in [5.74, 6) is 1.05. The number of carbonyl (C=O) groups is 1. The highest BCUT2D eigenvalue weighted by molar-refractivity contribution is 5.81. The molecule has 0 aliphatic carbocycles. The molecule has 2 rings (SSSR count). The van der Waals surface area contributed by atoms with Crippen molar-refractivity contribution in [1.29, 1.82) is 0 Å². The van der Waals surface area contributed by atoms with Crippen LogP contribution in [0.1, 0.15) is 39.5 Å². The number of nitrogens with zero attached hydrogens (tertiary/aromatic N) is 3. The Balaban J connectivity index is 1.68. The van der Waals surface area contributed by atoms with Crippen molar-refractivity contribution in [3.8, 4) is 0 Å². The van der Waals surface area contributed by atoms with E-state index in [2.05, 4.69) is 34.4 Å². The SMILES string of the molecule is CCNC(=NCCN1CCOCC1)NCCC(=O)N1CCCCC1C. The van der Waals surface area contributed by atoms with Gasteiger partial charge in [-0.05, 0) is 33.1 Å². The third-order valence-electron chi connectivity index (χ3n) is 4.89. The van der Waals surface area contributed by atoms with E-state index in [1.165, 1.54) is 6.42 Å². The van der Waals surface area contributed by atoms with Crippen LogP contribution in [0.3, 0.4) is 0 Å². The molecule has 2 aliphatic rings. The van der Waals surface area contributed by atoms with E-state index in [0.717, 1.165) is 71.3 Å². The van der Waals surface area contributed by atoms with Crippen LogP contribution in [0.4, 0.5) is 0 Å². The van der Waals surface area contributed by atoms with Crippen molar-refractivity contribution >= 4 is 11.9 Å². The number of carbonyl (C=O) groups excluding carboxylic acids is 1. The van der Waals surface area contributed by atoms with Crippen LogP contribution in [-0.2, 0) is 9.53 Å². The Bertz CT molecular complexity index is 424. The maximum Gasteiger partial charge on any atom is 0.224 e. The average molecular weight is 354 g/mol. The standard InChI is InChI=1S/C18H35N5O2/c1-3-19-18(21-9-11-22-12-14-25-15-13-22)20-8-7-17(24)23-10-5-4-6-16(23)2/h16H,3-15H2,1-2H3,(H2,19,20,21). The van der Waals surface area contributed by atoms with Gasteiger partial charge in [0.05, 0.1) is 19.8 Å². The lowest BCUT2D eigenvalue weighted by Gasteiger charge is -2.33. The fraction of sp³-hybridized carbons (Fsp3) is 0.889. The first-order chi connectivity index (χ1) is 12.2. The Kier molecular flexibility index (Phi) is 9.04. The highest BCUT2D eigenvalue weighted by Crippen LogP contribution is 2.16. The van der Waals surface area contributed by atoms with Crippen LogP contribution in [-0.4, -0.2) is 86.7 Å². The molecule has 7 nitrogen and oxygen atoms in total. The zero-order chi connectivity index (χ0) is 17.9. The van der Waals surface area contributed by atoms with Gasteiger partial charge in [0.15, 0.2) is 5.96 Å². The molecule has 2 N–H and O–H groups in total. The van der Waals surface area contributed by atoms with Crippen molar-refractivity contribution in [3.05, 3.63) is 0 Å². The molecule has 0 radical (unpaired) electrons. The molecular formula is C18H35N5O2. The van der Waals surface area contributed by atoms with Crippen LogP contribution in [0.15, 0.2) is 4.99 Å². The second-order valence-electron chi connectivity index (χ2n) is 6.82. The number of likely N-dealkylation sites (tertiary alicyclic amines) is 1. The summed E-state index contributed by atoms with van der Waals surface area (Å²) in [6, 6.07) is 0.386. The van der Waals surface area contributed by atoms with Gasteiger partial charge in [0.1, 0.15) is 0 Å². The smallest absolute Gasteiger partial charge is 0.224 e. The van der Waals surface area contributed by atoms with E-state index in [-0.39, 0.29) is 5.91 Å². The summed E-state index contributed by atoms with van der Waals surface area (Å²) in [6.07, 6.45) is 4.03. The molecule has 0 saturated carbocycles. The number of rotatable bonds is 7. The van der Waals surface area contributed by atoms with Crippen molar-refractivity contribution in [2.45, 2.75) is 45.6 Å². The highest BCUT2D eigenvalue weighted by Gasteiger charge is 2.22. The summed E-state index contributed by atoms with van der Waals surface area (Å²) < 4.78 is 5.36. The van der Waals surface area contributed by atoms with Crippen LogP contribution in [0, 0.1) is 0 Å². The minimum atomic E-state index is 0.254. The molecule has 2 saturated heterocycles. The number of piperidine rings is 1. The van der Waals surface area contributed by atoms with Gasteiger partial charge in [-0.1, -0.05) is 0 Å². The lowest BCUT2D eigenvalue weighted by molar-refractivity contribution is -0.134. The highest BCUT2D eigenvalue weighted by atomic mass is 16.5. The van der Waals surface area contributed by atoms with Gasteiger partial charge >= 0.3 is 0 Å². The third-order valence-corrected chi connectivity index (χ3v) is 4.89. The monoisotopic (exact) mass is 353 g/mol. The number of hydrogen-bond donors (Lipinski definition) is 2. The first kappa shape index (κ1) is 20.0. The number of amides is 1. The Labute approximate surface area is 152 Å². The van der Waals surface area contributed by atoms with Gasteiger partial charge < -0.3 is 20.3 Å². The molecule has 1 unspecified atom stereocenters. The number of ether oxygens (including phenoxy) is 1. The minimum absolute atomic E-state index is 0.254. The maximum atomic E-state index is 12.4. The van der Waals surface area contributed by atoms with Gasteiger partial charge in [0.2, 0.25) is 5.91 Å². The molecule has 144 valence electrons. The predicted molar refractivity (Wildman–Crippen MR) is 101 cm³/mol. The molecule has 25 heavy (non-hydrogen) atoms. The van der Waals surface area contributed by atoms with E-state index in [1.54, 1.807) is 0 Å². The van der Waals surface area contributed by atoms with E-state index in [9.17, 15) is 4.79 Å².